The molecule has 0 saturated heterocycles. The molecule has 0 aromatic heterocycles. The van der Waals surface area contributed by atoms with Crippen molar-refractivity contribution in [3.8, 4) is 5.75 Å². The summed E-state index contributed by atoms with van der Waals surface area (Å²) in [6.45, 7) is 9.49. The van der Waals surface area contributed by atoms with Gasteiger partial charge < -0.3 is 15.0 Å². The molecule has 0 aliphatic rings. The zero-order valence-corrected chi connectivity index (χ0v) is 22.1. The van der Waals surface area contributed by atoms with Crippen LogP contribution in [0.3, 0.4) is 0 Å². The summed E-state index contributed by atoms with van der Waals surface area (Å²) >= 11 is 15.9. The van der Waals surface area contributed by atoms with E-state index in [1.54, 1.807) is 25.1 Å². The molecule has 8 heteroatoms. The van der Waals surface area contributed by atoms with Crippen LogP contribution in [0.1, 0.15) is 43.9 Å². The summed E-state index contributed by atoms with van der Waals surface area (Å²) in [5.74, 6) is 0.0481. The molecule has 0 saturated carbocycles. The van der Waals surface area contributed by atoms with Gasteiger partial charge in [0.2, 0.25) is 5.91 Å². The first-order valence-electron chi connectivity index (χ1n) is 10.5. The lowest BCUT2D eigenvalue weighted by molar-refractivity contribution is -0.142. The molecule has 2 aromatic carbocycles. The monoisotopic (exact) mass is 542 g/mol. The van der Waals surface area contributed by atoms with Crippen molar-refractivity contribution < 1.29 is 14.3 Å². The Labute approximate surface area is 208 Å². The van der Waals surface area contributed by atoms with Gasteiger partial charge in [0.25, 0.3) is 5.91 Å². The molecule has 0 fully saturated rings. The summed E-state index contributed by atoms with van der Waals surface area (Å²) < 4.78 is 6.79. The number of amides is 2. The maximum Gasteiger partial charge on any atom is 0.261 e. The van der Waals surface area contributed by atoms with E-state index in [2.05, 4.69) is 21.2 Å². The molecule has 0 spiro atoms. The Bertz CT molecular complexity index is 961. The number of halogens is 3. The Kier molecular flexibility index (Phi) is 9.86. The fourth-order valence-electron chi connectivity index (χ4n) is 3.10. The van der Waals surface area contributed by atoms with E-state index in [-0.39, 0.29) is 31.0 Å². The second-order valence-corrected chi connectivity index (χ2v) is 9.55. The van der Waals surface area contributed by atoms with Gasteiger partial charge in [0.05, 0.1) is 0 Å². The first-order chi connectivity index (χ1) is 15.0. The average molecular weight is 544 g/mol. The van der Waals surface area contributed by atoms with Gasteiger partial charge in [-0.05, 0) is 75.1 Å². The minimum absolute atomic E-state index is 0.00554. The van der Waals surface area contributed by atoms with Crippen molar-refractivity contribution in [3.63, 3.8) is 0 Å². The van der Waals surface area contributed by atoms with Gasteiger partial charge in [-0.1, -0.05) is 52.1 Å². The summed E-state index contributed by atoms with van der Waals surface area (Å²) in [5.41, 5.74) is 2.72. The summed E-state index contributed by atoms with van der Waals surface area (Å²) in [7, 11) is 0. The topological polar surface area (TPSA) is 58.6 Å². The minimum atomic E-state index is -0.708. The Balaban J connectivity index is 2.23. The molecule has 0 aliphatic carbocycles. The van der Waals surface area contributed by atoms with Crippen LogP contribution in [-0.4, -0.2) is 35.4 Å². The number of aryl methyl sites for hydroxylation is 2. The van der Waals surface area contributed by atoms with Gasteiger partial charge in [-0.2, -0.15) is 0 Å². The van der Waals surface area contributed by atoms with Gasteiger partial charge in [0.15, 0.2) is 6.61 Å². The summed E-state index contributed by atoms with van der Waals surface area (Å²) in [6.07, 6.45) is 0.792. The Hall–Kier alpha value is -1.76. The molecule has 2 aromatic rings. The average Bonchev–Trinajstić information content (AvgIpc) is 2.74. The molecule has 2 unspecified atom stereocenters. The first kappa shape index (κ1) is 26.5. The van der Waals surface area contributed by atoms with Crippen molar-refractivity contribution in [2.45, 2.75) is 59.7 Å². The van der Waals surface area contributed by atoms with E-state index in [1.807, 2.05) is 39.8 Å². The van der Waals surface area contributed by atoms with E-state index >= 15 is 0 Å². The van der Waals surface area contributed by atoms with Gasteiger partial charge in [-0.3, -0.25) is 9.59 Å². The molecule has 174 valence electrons. The molecule has 2 rings (SSSR count). The van der Waals surface area contributed by atoms with E-state index in [0.29, 0.717) is 21.4 Å². The Morgan fingerprint density at radius 3 is 2.31 bits per heavy atom. The molecule has 0 aliphatic heterocycles. The smallest absolute Gasteiger partial charge is 0.261 e. The fraction of sp³-hybridized carbons (Fsp3) is 0.417. The van der Waals surface area contributed by atoms with Crippen LogP contribution in [0.5, 0.6) is 5.75 Å². The molecule has 1 N–H and O–H groups in total. The van der Waals surface area contributed by atoms with Gasteiger partial charge in [0, 0.05) is 27.1 Å². The predicted molar refractivity (Wildman–Crippen MR) is 133 cm³/mol. The molecular weight excluding hydrogens is 515 g/mol. The molecule has 0 heterocycles. The zero-order chi connectivity index (χ0) is 24.0. The number of carbonyl (C=O) groups is 2. The van der Waals surface area contributed by atoms with Crippen molar-refractivity contribution in [1.82, 2.24) is 10.2 Å². The maximum absolute atomic E-state index is 13.2. The SMILES string of the molecule is CCC(C)NC(=O)C(C)N(Cc1ccc(Cl)cc1Cl)C(=O)COc1cc(C)c(Br)c(C)c1. The highest BCUT2D eigenvalue weighted by molar-refractivity contribution is 9.10. The summed E-state index contributed by atoms with van der Waals surface area (Å²) in [4.78, 5) is 27.4. The van der Waals surface area contributed by atoms with Crippen molar-refractivity contribution in [2.24, 2.45) is 0 Å². The van der Waals surface area contributed by atoms with Crippen molar-refractivity contribution >= 4 is 50.9 Å². The highest BCUT2D eigenvalue weighted by atomic mass is 79.9. The van der Waals surface area contributed by atoms with Gasteiger partial charge in [-0.25, -0.2) is 0 Å². The van der Waals surface area contributed by atoms with Crippen LogP contribution < -0.4 is 10.1 Å². The number of hydrogen-bond acceptors (Lipinski definition) is 3. The third-order valence-corrected chi connectivity index (χ3v) is 7.13. The number of nitrogens with zero attached hydrogens (tertiary/aromatic N) is 1. The molecule has 2 atom stereocenters. The van der Waals surface area contributed by atoms with Crippen LogP contribution in [0.15, 0.2) is 34.8 Å². The lowest BCUT2D eigenvalue weighted by Gasteiger charge is -2.30. The zero-order valence-electron chi connectivity index (χ0n) is 19.0. The number of benzene rings is 2. The number of hydrogen-bond donors (Lipinski definition) is 1. The molecular formula is C24H29BrCl2N2O3. The standard InChI is InChI=1S/C24H29BrCl2N2O3/c1-6-16(4)28-24(31)17(5)29(12-18-7-8-19(26)11-21(18)27)22(30)13-32-20-9-14(2)23(25)15(3)10-20/h7-11,16-17H,6,12-13H2,1-5H3,(H,28,31). The van der Waals surface area contributed by atoms with Gasteiger partial charge in [0.1, 0.15) is 11.8 Å². The predicted octanol–water partition coefficient (Wildman–Crippen LogP) is 6.08. The minimum Gasteiger partial charge on any atom is -0.484 e. The molecule has 0 bridgehead atoms. The molecule has 2 amide bonds. The van der Waals surface area contributed by atoms with Crippen LogP contribution in [0.4, 0.5) is 0 Å². The number of nitrogens with one attached hydrogen (secondary N) is 1. The van der Waals surface area contributed by atoms with E-state index in [4.69, 9.17) is 27.9 Å². The van der Waals surface area contributed by atoms with Crippen LogP contribution in [0, 0.1) is 13.8 Å². The molecule has 0 radical (unpaired) electrons. The highest BCUT2D eigenvalue weighted by Crippen LogP contribution is 2.27. The molecule has 5 nitrogen and oxygen atoms in total. The van der Waals surface area contributed by atoms with E-state index in [1.165, 1.54) is 4.90 Å². The normalized spacial score (nSPS) is 12.8. The van der Waals surface area contributed by atoms with Crippen LogP contribution in [0.2, 0.25) is 10.0 Å². The second-order valence-electron chi connectivity index (χ2n) is 7.91. The number of rotatable bonds is 9. The quantitative estimate of drug-likeness (QED) is 0.416. The number of ether oxygens (including phenoxy) is 1. The van der Waals surface area contributed by atoms with Gasteiger partial charge >= 0.3 is 0 Å². The lowest BCUT2D eigenvalue weighted by atomic mass is 10.1. The van der Waals surface area contributed by atoms with Crippen molar-refractivity contribution in [1.29, 1.82) is 0 Å². The third kappa shape index (κ3) is 7.12. The fourth-order valence-corrected chi connectivity index (χ4v) is 3.80. The van der Waals surface area contributed by atoms with Gasteiger partial charge in [-0.15, -0.1) is 0 Å². The molecule has 32 heavy (non-hydrogen) atoms. The van der Waals surface area contributed by atoms with E-state index < -0.39 is 6.04 Å². The number of carbonyl (C=O) groups excluding carboxylic acids is 2. The Morgan fingerprint density at radius 1 is 1.12 bits per heavy atom. The van der Waals surface area contributed by atoms with Crippen LogP contribution >= 0.6 is 39.1 Å². The summed E-state index contributed by atoms with van der Waals surface area (Å²) in [5, 5.41) is 3.87. The van der Waals surface area contributed by atoms with Crippen LogP contribution in [-0.2, 0) is 16.1 Å². The first-order valence-corrected chi connectivity index (χ1v) is 12.0. The lowest BCUT2D eigenvalue weighted by Crippen LogP contribution is -2.50. The van der Waals surface area contributed by atoms with E-state index in [9.17, 15) is 9.59 Å². The second kappa shape index (κ2) is 11.9. The van der Waals surface area contributed by atoms with Crippen LogP contribution in [0.25, 0.3) is 0 Å². The Morgan fingerprint density at radius 2 is 1.75 bits per heavy atom. The van der Waals surface area contributed by atoms with Crippen molar-refractivity contribution in [3.05, 3.63) is 61.5 Å². The maximum atomic E-state index is 13.2. The van der Waals surface area contributed by atoms with Crippen molar-refractivity contribution in [2.75, 3.05) is 6.61 Å². The largest absolute Gasteiger partial charge is 0.484 e. The summed E-state index contributed by atoms with van der Waals surface area (Å²) in [6, 6.07) is 8.11. The third-order valence-electron chi connectivity index (χ3n) is 5.30. The van der Waals surface area contributed by atoms with E-state index in [0.717, 1.165) is 22.0 Å². The highest BCUT2D eigenvalue weighted by Gasteiger charge is 2.27.